The number of hydrogen-bond donors (Lipinski definition) is 2. The zero-order valence-corrected chi connectivity index (χ0v) is 14.8. The first-order valence-electron chi connectivity index (χ1n) is 9.12. The van der Waals surface area contributed by atoms with Crippen LogP contribution in [-0.4, -0.2) is 30.5 Å². The van der Waals surface area contributed by atoms with Crippen molar-refractivity contribution >= 4 is 23.0 Å². The van der Waals surface area contributed by atoms with E-state index in [0.29, 0.717) is 12.2 Å². The number of amides is 1. The van der Waals surface area contributed by atoms with Crippen LogP contribution in [0.1, 0.15) is 43.1 Å². The number of anilines is 3. The normalized spacial score (nSPS) is 14.2. The molecule has 0 aliphatic carbocycles. The molecule has 0 atom stereocenters. The van der Waals surface area contributed by atoms with Gasteiger partial charge in [-0.3, -0.25) is 9.78 Å². The third-order valence-electron chi connectivity index (χ3n) is 4.41. The lowest BCUT2D eigenvalue weighted by Gasteiger charge is -2.28. The summed E-state index contributed by atoms with van der Waals surface area (Å²) < 4.78 is 0. The van der Waals surface area contributed by atoms with E-state index in [0.717, 1.165) is 30.9 Å². The molecule has 1 saturated heterocycles. The SMILES string of the molecule is CCCNC(=O)c1cc(Nc2ccc(N3CCCCC3)cc2)ccn1. The number of hydrogen-bond acceptors (Lipinski definition) is 4. The van der Waals surface area contributed by atoms with Crippen LogP contribution in [0.15, 0.2) is 42.6 Å². The fourth-order valence-electron chi connectivity index (χ4n) is 3.04. The monoisotopic (exact) mass is 338 g/mol. The smallest absolute Gasteiger partial charge is 0.269 e. The van der Waals surface area contributed by atoms with Gasteiger partial charge in [-0.1, -0.05) is 6.92 Å². The number of aromatic nitrogens is 1. The molecule has 1 amide bonds. The van der Waals surface area contributed by atoms with Crippen LogP contribution in [0.3, 0.4) is 0 Å². The van der Waals surface area contributed by atoms with E-state index in [1.54, 1.807) is 12.3 Å². The topological polar surface area (TPSA) is 57.3 Å². The lowest BCUT2D eigenvalue weighted by atomic mass is 10.1. The molecule has 0 saturated carbocycles. The predicted molar refractivity (Wildman–Crippen MR) is 103 cm³/mol. The quantitative estimate of drug-likeness (QED) is 0.837. The molecule has 132 valence electrons. The van der Waals surface area contributed by atoms with Crippen molar-refractivity contribution in [3.05, 3.63) is 48.3 Å². The van der Waals surface area contributed by atoms with E-state index >= 15 is 0 Å². The van der Waals surface area contributed by atoms with Crippen LogP contribution < -0.4 is 15.5 Å². The minimum absolute atomic E-state index is 0.133. The number of rotatable bonds is 6. The van der Waals surface area contributed by atoms with Crippen LogP contribution in [0.4, 0.5) is 17.1 Å². The van der Waals surface area contributed by atoms with E-state index in [1.807, 2.05) is 13.0 Å². The zero-order chi connectivity index (χ0) is 17.5. The summed E-state index contributed by atoms with van der Waals surface area (Å²) in [5.74, 6) is -0.133. The summed E-state index contributed by atoms with van der Waals surface area (Å²) in [4.78, 5) is 18.6. The molecule has 25 heavy (non-hydrogen) atoms. The van der Waals surface area contributed by atoms with Crippen molar-refractivity contribution in [1.29, 1.82) is 0 Å². The zero-order valence-electron chi connectivity index (χ0n) is 14.8. The van der Waals surface area contributed by atoms with Gasteiger partial charge < -0.3 is 15.5 Å². The van der Waals surface area contributed by atoms with Gasteiger partial charge in [-0.25, -0.2) is 0 Å². The first kappa shape index (κ1) is 17.3. The average molecular weight is 338 g/mol. The van der Waals surface area contributed by atoms with E-state index in [-0.39, 0.29) is 5.91 Å². The molecule has 0 bridgehead atoms. The summed E-state index contributed by atoms with van der Waals surface area (Å²) in [5, 5.41) is 6.20. The number of nitrogens with one attached hydrogen (secondary N) is 2. The van der Waals surface area contributed by atoms with Crippen molar-refractivity contribution in [3.8, 4) is 0 Å². The summed E-state index contributed by atoms with van der Waals surface area (Å²) >= 11 is 0. The number of benzene rings is 1. The van der Waals surface area contributed by atoms with E-state index in [1.165, 1.54) is 24.9 Å². The van der Waals surface area contributed by atoms with Crippen molar-refractivity contribution in [2.24, 2.45) is 0 Å². The third kappa shape index (κ3) is 4.72. The standard InChI is InChI=1S/C20H26N4O/c1-2-11-22-20(25)19-15-17(10-12-21-19)23-16-6-8-18(9-7-16)24-13-4-3-5-14-24/h6-10,12,15H,2-5,11,13-14H2,1H3,(H,21,23)(H,22,25). The Labute approximate surface area is 149 Å². The molecule has 1 fully saturated rings. The Hall–Kier alpha value is -2.56. The number of pyridine rings is 1. The number of carbonyl (C=O) groups is 1. The van der Waals surface area contributed by atoms with Gasteiger partial charge in [0.05, 0.1) is 0 Å². The van der Waals surface area contributed by atoms with Crippen LogP contribution in [0.5, 0.6) is 0 Å². The van der Waals surface area contributed by atoms with Gasteiger partial charge in [0.25, 0.3) is 5.91 Å². The van der Waals surface area contributed by atoms with Crippen molar-refractivity contribution in [1.82, 2.24) is 10.3 Å². The van der Waals surface area contributed by atoms with E-state index in [2.05, 4.69) is 44.8 Å². The molecule has 1 aromatic heterocycles. The summed E-state index contributed by atoms with van der Waals surface area (Å²) in [6.07, 6.45) is 6.46. The molecule has 2 heterocycles. The second kappa shape index (κ2) is 8.51. The highest BCUT2D eigenvalue weighted by Gasteiger charge is 2.11. The molecule has 0 unspecified atom stereocenters. The Morgan fingerprint density at radius 2 is 1.84 bits per heavy atom. The summed E-state index contributed by atoms with van der Waals surface area (Å²) in [5.41, 5.74) is 3.58. The minimum Gasteiger partial charge on any atom is -0.372 e. The average Bonchev–Trinajstić information content (AvgIpc) is 2.67. The number of carbonyl (C=O) groups excluding carboxylic acids is 1. The molecule has 1 aromatic carbocycles. The van der Waals surface area contributed by atoms with Crippen molar-refractivity contribution in [2.45, 2.75) is 32.6 Å². The highest BCUT2D eigenvalue weighted by Crippen LogP contribution is 2.23. The Morgan fingerprint density at radius 3 is 2.56 bits per heavy atom. The second-order valence-corrected chi connectivity index (χ2v) is 6.41. The molecule has 5 heteroatoms. The largest absolute Gasteiger partial charge is 0.372 e. The summed E-state index contributed by atoms with van der Waals surface area (Å²) in [7, 11) is 0. The van der Waals surface area contributed by atoms with Gasteiger partial charge >= 0.3 is 0 Å². The Morgan fingerprint density at radius 1 is 1.08 bits per heavy atom. The third-order valence-corrected chi connectivity index (χ3v) is 4.41. The van der Waals surface area contributed by atoms with Crippen molar-refractivity contribution in [3.63, 3.8) is 0 Å². The van der Waals surface area contributed by atoms with Gasteiger partial charge in [-0.2, -0.15) is 0 Å². The van der Waals surface area contributed by atoms with Crippen LogP contribution in [0.2, 0.25) is 0 Å². The van der Waals surface area contributed by atoms with E-state index < -0.39 is 0 Å². The van der Waals surface area contributed by atoms with Gasteiger partial charge in [0.15, 0.2) is 0 Å². The fourth-order valence-corrected chi connectivity index (χ4v) is 3.04. The van der Waals surface area contributed by atoms with Gasteiger partial charge in [-0.15, -0.1) is 0 Å². The molecule has 0 radical (unpaired) electrons. The summed E-state index contributed by atoms with van der Waals surface area (Å²) in [6.45, 7) is 4.98. The maximum Gasteiger partial charge on any atom is 0.269 e. The summed E-state index contributed by atoms with van der Waals surface area (Å²) in [6, 6.07) is 12.1. The van der Waals surface area contributed by atoms with Crippen LogP contribution in [0.25, 0.3) is 0 Å². The second-order valence-electron chi connectivity index (χ2n) is 6.41. The van der Waals surface area contributed by atoms with E-state index in [4.69, 9.17) is 0 Å². The lowest BCUT2D eigenvalue weighted by Crippen LogP contribution is -2.29. The molecular weight excluding hydrogens is 312 g/mol. The molecule has 2 aromatic rings. The number of piperidine rings is 1. The molecule has 0 spiro atoms. The van der Waals surface area contributed by atoms with Crippen LogP contribution in [0, 0.1) is 0 Å². The van der Waals surface area contributed by atoms with Crippen molar-refractivity contribution in [2.75, 3.05) is 29.9 Å². The maximum atomic E-state index is 12.0. The molecule has 1 aliphatic rings. The van der Waals surface area contributed by atoms with Crippen LogP contribution >= 0.6 is 0 Å². The predicted octanol–water partition coefficient (Wildman–Crippen LogP) is 3.96. The Kier molecular flexibility index (Phi) is 5.88. The lowest BCUT2D eigenvalue weighted by molar-refractivity contribution is 0.0949. The van der Waals surface area contributed by atoms with Crippen LogP contribution in [-0.2, 0) is 0 Å². The van der Waals surface area contributed by atoms with Gasteiger partial charge in [0.1, 0.15) is 5.69 Å². The Balaban J connectivity index is 1.64. The minimum atomic E-state index is -0.133. The first-order valence-corrected chi connectivity index (χ1v) is 9.12. The van der Waals surface area contributed by atoms with Gasteiger partial charge in [-0.05, 0) is 62.1 Å². The van der Waals surface area contributed by atoms with Gasteiger partial charge in [0.2, 0.25) is 0 Å². The molecule has 3 rings (SSSR count). The fraction of sp³-hybridized carbons (Fsp3) is 0.400. The number of nitrogens with zero attached hydrogens (tertiary/aromatic N) is 2. The Bertz CT molecular complexity index is 693. The molecule has 2 N–H and O–H groups in total. The van der Waals surface area contributed by atoms with E-state index in [9.17, 15) is 4.79 Å². The molecular formula is C20H26N4O. The van der Waals surface area contributed by atoms with Gasteiger partial charge in [0, 0.05) is 42.9 Å². The highest BCUT2D eigenvalue weighted by molar-refractivity contribution is 5.93. The molecule has 1 aliphatic heterocycles. The maximum absolute atomic E-state index is 12.0. The van der Waals surface area contributed by atoms with Crippen molar-refractivity contribution < 1.29 is 4.79 Å². The first-order chi connectivity index (χ1) is 12.3. The molecule has 5 nitrogen and oxygen atoms in total. The highest BCUT2D eigenvalue weighted by atomic mass is 16.1.